The van der Waals surface area contributed by atoms with Crippen LogP contribution in [0, 0.1) is 0 Å². The van der Waals surface area contributed by atoms with E-state index in [1.807, 2.05) is 19.1 Å². The third-order valence-electron chi connectivity index (χ3n) is 3.43. The number of amides is 1. The van der Waals surface area contributed by atoms with Crippen molar-refractivity contribution in [1.82, 2.24) is 14.9 Å². The van der Waals surface area contributed by atoms with Crippen LogP contribution in [0.15, 0.2) is 36.8 Å². The molecule has 0 aliphatic heterocycles. The zero-order valence-corrected chi connectivity index (χ0v) is 14.4. The Labute approximate surface area is 145 Å². The molecule has 1 aromatic carbocycles. The summed E-state index contributed by atoms with van der Waals surface area (Å²) in [6.45, 7) is 1.99. The van der Waals surface area contributed by atoms with Gasteiger partial charge in [0.1, 0.15) is 18.7 Å². The zero-order chi connectivity index (χ0) is 18.2. The molecule has 8 heteroatoms. The third-order valence-corrected chi connectivity index (χ3v) is 3.43. The molecule has 1 N–H and O–H groups in total. The van der Waals surface area contributed by atoms with Gasteiger partial charge >= 0.3 is 12.2 Å². The monoisotopic (exact) mass is 347 g/mol. The second-order valence-corrected chi connectivity index (χ2v) is 5.42. The van der Waals surface area contributed by atoms with Gasteiger partial charge in [0.15, 0.2) is 0 Å². The van der Waals surface area contributed by atoms with Gasteiger partial charge in [-0.15, -0.1) is 0 Å². The molecular formula is C17H21N3O5. The number of hydrogen-bond acceptors (Lipinski definition) is 6. The van der Waals surface area contributed by atoms with Crippen LogP contribution < -0.4 is 10.1 Å². The Balaban J connectivity index is 1.77. The first-order valence-electron chi connectivity index (χ1n) is 7.69. The fourth-order valence-electron chi connectivity index (χ4n) is 2.15. The molecule has 0 spiro atoms. The van der Waals surface area contributed by atoms with Crippen LogP contribution in [0.5, 0.6) is 5.75 Å². The first-order chi connectivity index (χ1) is 12.0. The van der Waals surface area contributed by atoms with Crippen LogP contribution in [0.3, 0.4) is 0 Å². The number of hydrogen-bond donors (Lipinski definition) is 1. The minimum Gasteiger partial charge on any atom is -0.497 e. The van der Waals surface area contributed by atoms with Crippen molar-refractivity contribution in [2.45, 2.75) is 26.0 Å². The number of nitrogens with one attached hydrogen (secondary N) is 1. The van der Waals surface area contributed by atoms with Gasteiger partial charge in [-0.05, 0) is 24.6 Å². The number of aromatic nitrogens is 2. The Morgan fingerprint density at radius 3 is 2.60 bits per heavy atom. The highest BCUT2D eigenvalue weighted by atomic mass is 16.5. The molecule has 1 heterocycles. The number of carbonyl (C=O) groups is 2. The molecule has 1 atom stereocenters. The van der Waals surface area contributed by atoms with Gasteiger partial charge in [0.25, 0.3) is 0 Å². The lowest BCUT2D eigenvalue weighted by atomic mass is 10.2. The number of ether oxygens (including phenoxy) is 3. The summed E-state index contributed by atoms with van der Waals surface area (Å²) in [6, 6.07) is 7.06. The molecule has 2 aromatic rings. The maximum absolute atomic E-state index is 11.8. The summed E-state index contributed by atoms with van der Waals surface area (Å²) >= 11 is 0. The van der Waals surface area contributed by atoms with Crippen molar-refractivity contribution in [3.05, 3.63) is 48.0 Å². The Hall–Kier alpha value is -3.03. The van der Waals surface area contributed by atoms with Gasteiger partial charge in [0, 0.05) is 18.7 Å². The van der Waals surface area contributed by atoms with Crippen LogP contribution in [-0.2, 0) is 22.5 Å². The van der Waals surface area contributed by atoms with E-state index in [-0.39, 0.29) is 12.6 Å². The number of alkyl carbamates (subject to hydrolysis) is 1. The van der Waals surface area contributed by atoms with E-state index in [1.165, 1.54) is 18.0 Å². The van der Waals surface area contributed by atoms with Crippen LogP contribution >= 0.6 is 0 Å². The molecule has 1 amide bonds. The summed E-state index contributed by atoms with van der Waals surface area (Å²) < 4.78 is 16.1. The fourth-order valence-corrected chi connectivity index (χ4v) is 2.15. The third kappa shape index (κ3) is 5.52. The first kappa shape index (κ1) is 18.3. The highest BCUT2D eigenvalue weighted by molar-refractivity contribution is 5.70. The van der Waals surface area contributed by atoms with Gasteiger partial charge in [0.05, 0.1) is 19.9 Å². The van der Waals surface area contributed by atoms with Crippen molar-refractivity contribution in [2.24, 2.45) is 0 Å². The number of methoxy groups -OCH3 is 2. The van der Waals surface area contributed by atoms with E-state index in [9.17, 15) is 9.59 Å². The molecule has 0 radical (unpaired) electrons. The highest BCUT2D eigenvalue weighted by Gasteiger charge is 2.12. The number of nitrogens with zero attached hydrogens (tertiary/aromatic N) is 2. The minimum atomic E-state index is -0.518. The van der Waals surface area contributed by atoms with E-state index in [0.29, 0.717) is 12.1 Å². The van der Waals surface area contributed by atoms with Crippen LogP contribution in [0.4, 0.5) is 9.59 Å². The molecular weight excluding hydrogens is 326 g/mol. The Bertz CT molecular complexity index is 711. The molecule has 0 bridgehead atoms. The number of carbonyl (C=O) groups excluding carboxylic acids is 2. The maximum Gasteiger partial charge on any atom is 0.418 e. The van der Waals surface area contributed by atoms with Crippen molar-refractivity contribution >= 4 is 12.2 Å². The quantitative estimate of drug-likeness (QED) is 0.862. The number of imidazole rings is 1. The van der Waals surface area contributed by atoms with E-state index < -0.39 is 12.2 Å². The second kappa shape index (κ2) is 8.72. The molecule has 0 aliphatic carbocycles. The Morgan fingerprint density at radius 1 is 1.24 bits per heavy atom. The molecule has 0 saturated carbocycles. The predicted molar refractivity (Wildman–Crippen MR) is 89.5 cm³/mol. The smallest absolute Gasteiger partial charge is 0.418 e. The van der Waals surface area contributed by atoms with Crippen molar-refractivity contribution in [2.75, 3.05) is 14.2 Å². The SMILES string of the molecule is COC(=O)n1cnc(C[C@@H](C)NC(=O)OCc2ccc(OC)cc2)c1. The predicted octanol–water partition coefficient (Wildman–Crippen LogP) is 2.36. The standard InChI is InChI=1S/C17H21N3O5/c1-12(8-14-9-20(11-18-14)17(22)24-3)19-16(21)25-10-13-4-6-15(23-2)7-5-13/h4-7,9,11-12H,8,10H2,1-3H3,(H,19,21)/t12-/m1/s1. The van der Waals surface area contributed by atoms with Crippen LogP contribution in [0.1, 0.15) is 18.2 Å². The van der Waals surface area contributed by atoms with Gasteiger partial charge in [-0.3, -0.25) is 0 Å². The molecule has 0 aliphatic rings. The lowest BCUT2D eigenvalue weighted by Crippen LogP contribution is -2.34. The number of rotatable bonds is 6. The van der Waals surface area contributed by atoms with Crippen molar-refractivity contribution in [1.29, 1.82) is 0 Å². The summed E-state index contributed by atoms with van der Waals surface area (Å²) in [7, 11) is 2.89. The molecule has 0 saturated heterocycles. The number of benzene rings is 1. The average molecular weight is 347 g/mol. The molecule has 134 valence electrons. The van der Waals surface area contributed by atoms with Gasteiger partial charge in [0.2, 0.25) is 0 Å². The second-order valence-electron chi connectivity index (χ2n) is 5.42. The van der Waals surface area contributed by atoms with Crippen LogP contribution in [-0.4, -0.2) is 42.0 Å². The summed E-state index contributed by atoms with van der Waals surface area (Å²) in [6.07, 6.45) is 2.36. The molecule has 2 rings (SSSR count). The van der Waals surface area contributed by atoms with Crippen LogP contribution in [0.2, 0.25) is 0 Å². The summed E-state index contributed by atoms with van der Waals surface area (Å²) in [4.78, 5) is 27.3. The van der Waals surface area contributed by atoms with Gasteiger partial charge in [-0.1, -0.05) is 12.1 Å². The largest absolute Gasteiger partial charge is 0.497 e. The summed E-state index contributed by atoms with van der Waals surface area (Å²) in [5.74, 6) is 0.744. The van der Waals surface area contributed by atoms with Crippen molar-refractivity contribution in [3.8, 4) is 5.75 Å². The fraction of sp³-hybridized carbons (Fsp3) is 0.353. The summed E-state index contributed by atoms with van der Waals surface area (Å²) in [5, 5.41) is 2.72. The molecule has 0 fully saturated rings. The minimum absolute atomic E-state index is 0.166. The summed E-state index contributed by atoms with van der Waals surface area (Å²) in [5.41, 5.74) is 1.52. The lowest BCUT2D eigenvalue weighted by molar-refractivity contribution is 0.136. The zero-order valence-electron chi connectivity index (χ0n) is 14.4. The van der Waals surface area contributed by atoms with Crippen molar-refractivity contribution < 1.29 is 23.8 Å². The topological polar surface area (TPSA) is 91.7 Å². The normalized spacial score (nSPS) is 11.5. The Kier molecular flexibility index (Phi) is 6.39. The molecule has 0 unspecified atom stereocenters. The van der Waals surface area contributed by atoms with Gasteiger partial charge in [-0.25, -0.2) is 19.1 Å². The van der Waals surface area contributed by atoms with Gasteiger partial charge < -0.3 is 19.5 Å². The lowest BCUT2D eigenvalue weighted by Gasteiger charge is -2.13. The van der Waals surface area contributed by atoms with E-state index in [0.717, 1.165) is 11.3 Å². The van der Waals surface area contributed by atoms with E-state index in [2.05, 4.69) is 15.0 Å². The molecule has 1 aromatic heterocycles. The molecule has 8 nitrogen and oxygen atoms in total. The average Bonchev–Trinajstić information content (AvgIpc) is 3.08. The highest BCUT2D eigenvalue weighted by Crippen LogP contribution is 2.12. The first-order valence-corrected chi connectivity index (χ1v) is 7.69. The van der Waals surface area contributed by atoms with Gasteiger partial charge in [-0.2, -0.15) is 0 Å². The maximum atomic E-state index is 11.8. The van der Waals surface area contributed by atoms with Crippen molar-refractivity contribution in [3.63, 3.8) is 0 Å². The molecule has 25 heavy (non-hydrogen) atoms. The van der Waals surface area contributed by atoms with Crippen LogP contribution in [0.25, 0.3) is 0 Å². The van der Waals surface area contributed by atoms with E-state index in [1.54, 1.807) is 25.4 Å². The van der Waals surface area contributed by atoms with E-state index in [4.69, 9.17) is 9.47 Å². The Morgan fingerprint density at radius 2 is 1.96 bits per heavy atom. The van der Waals surface area contributed by atoms with E-state index >= 15 is 0 Å².